The topological polar surface area (TPSA) is 68.1 Å². The Hall–Kier alpha value is -3.28. The van der Waals surface area contributed by atoms with Gasteiger partial charge in [-0.05, 0) is 24.0 Å². The highest BCUT2D eigenvalue weighted by atomic mass is 16.2. The summed E-state index contributed by atoms with van der Waals surface area (Å²) >= 11 is 0. The number of hydrogen-bond donors (Lipinski definition) is 0. The predicted molar refractivity (Wildman–Crippen MR) is 105 cm³/mol. The Morgan fingerprint density at radius 3 is 2.54 bits per heavy atom. The summed E-state index contributed by atoms with van der Waals surface area (Å²) in [6, 6.07) is 13.7. The van der Waals surface area contributed by atoms with Gasteiger partial charge in [-0.1, -0.05) is 30.3 Å². The van der Waals surface area contributed by atoms with Gasteiger partial charge in [0.15, 0.2) is 0 Å². The normalized spacial score (nSPS) is 20.5. The van der Waals surface area contributed by atoms with Gasteiger partial charge in [-0.3, -0.25) is 9.59 Å². The van der Waals surface area contributed by atoms with Crippen LogP contribution in [0.1, 0.15) is 28.4 Å². The van der Waals surface area contributed by atoms with E-state index in [4.69, 9.17) is 0 Å². The summed E-state index contributed by atoms with van der Waals surface area (Å²) in [6.07, 6.45) is 5.55. The zero-order valence-electron chi connectivity index (χ0n) is 15.4. The van der Waals surface area contributed by atoms with E-state index in [2.05, 4.69) is 22.1 Å². The van der Waals surface area contributed by atoms with Crippen LogP contribution >= 0.6 is 0 Å². The van der Waals surface area contributed by atoms with Crippen LogP contribution in [-0.2, 0) is 6.54 Å². The molecule has 1 saturated heterocycles. The number of amides is 1. The summed E-state index contributed by atoms with van der Waals surface area (Å²) in [4.78, 5) is 35.4. The van der Waals surface area contributed by atoms with Crippen molar-refractivity contribution >= 4 is 5.91 Å². The number of fused-ring (bicyclic) bond motifs is 4. The maximum atomic E-state index is 12.9. The number of benzene rings is 1. The Balaban J connectivity index is 1.55. The van der Waals surface area contributed by atoms with Crippen molar-refractivity contribution in [1.29, 1.82) is 0 Å². The molecule has 0 N–H and O–H groups in total. The number of nitrogens with zero attached hydrogens (tertiary/aromatic N) is 4. The molecule has 28 heavy (non-hydrogen) atoms. The summed E-state index contributed by atoms with van der Waals surface area (Å²) in [7, 11) is 0. The SMILES string of the molecule is O=C(c1cncnc1)N1CC2CC(C1)c1c(-c3ccccc3)ccc(=O)n1C2. The third-order valence-corrected chi connectivity index (χ3v) is 5.77. The average Bonchev–Trinajstić information content (AvgIpc) is 2.75. The number of rotatable bonds is 2. The summed E-state index contributed by atoms with van der Waals surface area (Å²) in [6.45, 7) is 1.92. The van der Waals surface area contributed by atoms with Gasteiger partial charge in [0.1, 0.15) is 6.33 Å². The molecule has 0 saturated carbocycles. The Kier molecular flexibility index (Phi) is 4.04. The van der Waals surface area contributed by atoms with Crippen LogP contribution in [0.3, 0.4) is 0 Å². The van der Waals surface area contributed by atoms with Gasteiger partial charge in [0.2, 0.25) is 0 Å². The van der Waals surface area contributed by atoms with Crippen LogP contribution in [0.15, 0.2) is 66.0 Å². The van der Waals surface area contributed by atoms with Crippen molar-refractivity contribution in [2.45, 2.75) is 18.9 Å². The Labute approximate surface area is 162 Å². The van der Waals surface area contributed by atoms with Gasteiger partial charge in [0.05, 0.1) is 5.56 Å². The van der Waals surface area contributed by atoms with Gasteiger partial charge >= 0.3 is 0 Å². The van der Waals surface area contributed by atoms with Crippen molar-refractivity contribution < 1.29 is 4.79 Å². The molecule has 2 aliphatic heterocycles. The fraction of sp³-hybridized carbons (Fsp3) is 0.273. The van der Waals surface area contributed by atoms with E-state index in [1.807, 2.05) is 33.7 Å². The summed E-state index contributed by atoms with van der Waals surface area (Å²) in [5.74, 6) is 0.386. The second-order valence-electron chi connectivity index (χ2n) is 7.58. The molecule has 6 nitrogen and oxygen atoms in total. The molecule has 0 radical (unpaired) electrons. The highest BCUT2D eigenvalue weighted by molar-refractivity contribution is 5.93. The monoisotopic (exact) mass is 372 g/mol. The van der Waals surface area contributed by atoms with Crippen LogP contribution in [-0.4, -0.2) is 38.4 Å². The van der Waals surface area contributed by atoms with Gasteiger partial charge < -0.3 is 9.47 Å². The quantitative estimate of drug-likeness (QED) is 0.693. The van der Waals surface area contributed by atoms with E-state index in [0.29, 0.717) is 25.2 Å². The minimum Gasteiger partial charge on any atom is -0.338 e. The molecular weight excluding hydrogens is 352 g/mol. The number of hydrogen-bond acceptors (Lipinski definition) is 4. The fourth-order valence-electron chi connectivity index (χ4n) is 4.63. The van der Waals surface area contributed by atoms with Gasteiger partial charge in [-0.15, -0.1) is 0 Å². The second kappa shape index (κ2) is 6.71. The zero-order chi connectivity index (χ0) is 19.1. The molecule has 2 atom stereocenters. The minimum absolute atomic E-state index is 0.0386. The van der Waals surface area contributed by atoms with Gasteiger partial charge in [0, 0.05) is 55.3 Å². The van der Waals surface area contributed by atoms with E-state index in [1.165, 1.54) is 6.33 Å². The summed E-state index contributed by atoms with van der Waals surface area (Å²) in [5, 5.41) is 0. The van der Waals surface area contributed by atoms with Crippen molar-refractivity contribution in [3.8, 4) is 11.1 Å². The molecule has 0 aliphatic carbocycles. The molecular formula is C22H20N4O2. The molecule has 1 fully saturated rings. The molecule has 6 heteroatoms. The number of aromatic nitrogens is 3. The number of likely N-dealkylation sites (tertiary alicyclic amines) is 1. The average molecular weight is 372 g/mol. The van der Waals surface area contributed by atoms with Crippen LogP contribution < -0.4 is 5.56 Å². The van der Waals surface area contributed by atoms with E-state index in [-0.39, 0.29) is 23.3 Å². The van der Waals surface area contributed by atoms with Crippen LogP contribution in [0, 0.1) is 5.92 Å². The summed E-state index contributed by atoms with van der Waals surface area (Å²) in [5.41, 5.74) is 3.79. The van der Waals surface area contributed by atoms with Crippen LogP contribution in [0.5, 0.6) is 0 Å². The van der Waals surface area contributed by atoms with Gasteiger partial charge in [-0.25, -0.2) is 9.97 Å². The van der Waals surface area contributed by atoms with Crippen molar-refractivity contribution in [3.05, 3.63) is 82.8 Å². The molecule has 2 aliphatic rings. The lowest BCUT2D eigenvalue weighted by Gasteiger charge is -2.43. The first-order valence-electron chi connectivity index (χ1n) is 9.54. The van der Waals surface area contributed by atoms with E-state index in [0.717, 1.165) is 23.2 Å². The first kappa shape index (κ1) is 16.9. The van der Waals surface area contributed by atoms with E-state index < -0.39 is 0 Å². The Morgan fingerprint density at radius 2 is 1.75 bits per heavy atom. The van der Waals surface area contributed by atoms with Crippen molar-refractivity contribution in [1.82, 2.24) is 19.4 Å². The highest BCUT2D eigenvalue weighted by Gasteiger charge is 2.38. The zero-order valence-corrected chi connectivity index (χ0v) is 15.4. The number of carbonyl (C=O) groups is 1. The van der Waals surface area contributed by atoms with Crippen molar-refractivity contribution in [3.63, 3.8) is 0 Å². The third-order valence-electron chi connectivity index (χ3n) is 5.77. The van der Waals surface area contributed by atoms with Crippen molar-refractivity contribution in [2.75, 3.05) is 13.1 Å². The lowest BCUT2D eigenvalue weighted by Crippen LogP contribution is -2.49. The smallest absolute Gasteiger partial charge is 0.257 e. The number of carbonyl (C=O) groups excluding carboxylic acids is 1. The van der Waals surface area contributed by atoms with Crippen molar-refractivity contribution in [2.24, 2.45) is 5.92 Å². The highest BCUT2D eigenvalue weighted by Crippen LogP contribution is 2.40. The number of piperidine rings is 1. The maximum Gasteiger partial charge on any atom is 0.257 e. The molecule has 4 heterocycles. The lowest BCUT2D eigenvalue weighted by atomic mass is 9.80. The molecule has 0 spiro atoms. The van der Waals surface area contributed by atoms with Crippen LogP contribution in [0.4, 0.5) is 0 Å². The second-order valence-corrected chi connectivity index (χ2v) is 7.58. The Bertz CT molecular complexity index is 1080. The fourth-order valence-corrected chi connectivity index (χ4v) is 4.63. The maximum absolute atomic E-state index is 12.9. The standard InChI is InChI=1S/C22H20N4O2/c27-20-7-6-19(16-4-2-1-3-5-16)21-17-8-15(12-26(20)21)11-25(13-17)22(28)18-9-23-14-24-10-18/h1-7,9-10,14-15,17H,8,11-13H2. The molecule has 2 bridgehead atoms. The van der Waals surface area contributed by atoms with E-state index in [9.17, 15) is 9.59 Å². The van der Waals surface area contributed by atoms with Gasteiger partial charge in [-0.2, -0.15) is 0 Å². The molecule has 5 rings (SSSR count). The van der Waals surface area contributed by atoms with Crippen LogP contribution in [0.25, 0.3) is 11.1 Å². The Morgan fingerprint density at radius 1 is 0.964 bits per heavy atom. The van der Waals surface area contributed by atoms with Crippen LogP contribution in [0.2, 0.25) is 0 Å². The first-order chi connectivity index (χ1) is 13.7. The predicted octanol–water partition coefficient (Wildman–Crippen LogP) is 2.56. The largest absolute Gasteiger partial charge is 0.338 e. The first-order valence-corrected chi connectivity index (χ1v) is 9.54. The molecule has 140 valence electrons. The molecule has 1 amide bonds. The summed E-state index contributed by atoms with van der Waals surface area (Å²) < 4.78 is 1.93. The third kappa shape index (κ3) is 2.81. The molecule has 1 aromatic carbocycles. The molecule has 2 unspecified atom stereocenters. The van der Waals surface area contributed by atoms with E-state index in [1.54, 1.807) is 18.5 Å². The molecule has 2 aromatic heterocycles. The lowest BCUT2D eigenvalue weighted by molar-refractivity contribution is 0.0594. The number of pyridine rings is 1. The minimum atomic E-state index is -0.0386. The van der Waals surface area contributed by atoms with E-state index >= 15 is 0 Å². The molecule has 3 aromatic rings. The van der Waals surface area contributed by atoms with Gasteiger partial charge in [0.25, 0.3) is 11.5 Å².